The molecular formula is C13H16BrNO2. The smallest absolute Gasteiger partial charge is 0.175 e. The molecule has 0 spiro atoms. The maximum absolute atomic E-state index is 5.79. The van der Waals surface area contributed by atoms with Crippen molar-refractivity contribution >= 4 is 15.9 Å². The van der Waals surface area contributed by atoms with Crippen molar-refractivity contribution in [2.24, 2.45) is 0 Å². The minimum Gasteiger partial charge on any atom is -0.490 e. The molecule has 3 rings (SSSR count). The largest absolute Gasteiger partial charge is 0.490 e. The van der Waals surface area contributed by atoms with Gasteiger partial charge in [-0.1, -0.05) is 6.07 Å². The van der Waals surface area contributed by atoms with Crippen LogP contribution in [0.25, 0.3) is 0 Å². The number of hydrogen-bond acceptors (Lipinski definition) is 3. The Bertz CT molecular complexity index is 416. The Labute approximate surface area is 110 Å². The van der Waals surface area contributed by atoms with Gasteiger partial charge >= 0.3 is 0 Å². The minimum absolute atomic E-state index is 0.585. The molecule has 1 saturated heterocycles. The van der Waals surface area contributed by atoms with E-state index in [1.54, 1.807) is 0 Å². The second-order valence-electron chi connectivity index (χ2n) is 4.54. The van der Waals surface area contributed by atoms with Gasteiger partial charge in [-0.3, -0.25) is 0 Å². The van der Waals surface area contributed by atoms with Crippen LogP contribution in [-0.2, 0) is 0 Å². The molecule has 0 aliphatic carbocycles. The molecule has 0 amide bonds. The fourth-order valence-corrected chi connectivity index (χ4v) is 3.22. The first-order valence-electron chi connectivity index (χ1n) is 6.15. The normalized spacial score (nSPS) is 23.5. The molecule has 0 radical (unpaired) electrons. The Morgan fingerprint density at radius 3 is 2.94 bits per heavy atom. The second kappa shape index (κ2) is 4.86. The lowest BCUT2D eigenvalue weighted by Crippen LogP contribution is -2.08. The van der Waals surface area contributed by atoms with Crippen molar-refractivity contribution in [3.63, 3.8) is 0 Å². The van der Waals surface area contributed by atoms with Crippen molar-refractivity contribution in [3.05, 3.63) is 22.2 Å². The Hall–Kier alpha value is -0.740. The third kappa shape index (κ3) is 2.16. The molecule has 17 heavy (non-hydrogen) atoms. The van der Waals surface area contributed by atoms with E-state index in [0.29, 0.717) is 5.92 Å². The molecule has 1 aromatic carbocycles. The first-order valence-corrected chi connectivity index (χ1v) is 6.94. The van der Waals surface area contributed by atoms with Gasteiger partial charge in [0.25, 0.3) is 0 Å². The van der Waals surface area contributed by atoms with Crippen molar-refractivity contribution in [2.45, 2.75) is 18.8 Å². The SMILES string of the molecule is Brc1c(C2CCNC2)ccc2c1OCCCO2. The van der Waals surface area contributed by atoms with Crippen molar-refractivity contribution < 1.29 is 9.47 Å². The summed E-state index contributed by atoms with van der Waals surface area (Å²) in [6.07, 6.45) is 2.14. The summed E-state index contributed by atoms with van der Waals surface area (Å²) in [5.74, 6) is 2.33. The van der Waals surface area contributed by atoms with Crippen molar-refractivity contribution in [1.82, 2.24) is 5.32 Å². The second-order valence-corrected chi connectivity index (χ2v) is 5.33. The molecule has 1 atom stereocenters. The molecule has 0 bridgehead atoms. The van der Waals surface area contributed by atoms with Gasteiger partial charge in [-0.15, -0.1) is 0 Å². The third-order valence-corrected chi connectivity index (χ3v) is 4.20. The van der Waals surface area contributed by atoms with Crippen LogP contribution in [0.1, 0.15) is 24.3 Å². The van der Waals surface area contributed by atoms with Crippen LogP contribution in [0.15, 0.2) is 16.6 Å². The zero-order chi connectivity index (χ0) is 11.7. The summed E-state index contributed by atoms with van der Waals surface area (Å²) >= 11 is 3.68. The Morgan fingerprint density at radius 1 is 1.24 bits per heavy atom. The average molecular weight is 298 g/mol. The minimum atomic E-state index is 0.585. The average Bonchev–Trinajstić information content (AvgIpc) is 2.74. The van der Waals surface area contributed by atoms with E-state index in [-0.39, 0.29) is 0 Å². The molecule has 2 heterocycles. The molecule has 0 saturated carbocycles. The van der Waals surface area contributed by atoms with Crippen LogP contribution >= 0.6 is 15.9 Å². The van der Waals surface area contributed by atoms with Gasteiger partial charge in [0.2, 0.25) is 0 Å². The lowest BCUT2D eigenvalue weighted by molar-refractivity contribution is 0.296. The molecule has 3 nitrogen and oxygen atoms in total. The van der Waals surface area contributed by atoms with Crippen LogP contribution in [0.5, 0.6) is 11.5 Å². The van der Waals surface area contributed by atoms with Crippen LogP contribution in [0.4, 0.5) is 0 Å². The predicted molar refractivity (Wildman–Crippen MR) is 70.0 cm³/mol. The van der Waals surface area contributed by atoms with E-state index in [1.165, 1.54) is 12.0 Å². The third-order valence-electron chi connectivity index (χ3n) is 3.38. The van der Waals surface area contributed by atoms with E-state index in [0.717, 1.165) is 48.7 Å². The number of halogens is 1. The van der Waals surface area contributed by atoms with Crippen LogP contribution < -0.4 is 14.8 Å². The van der Waals surface area contributed by atoms with Crippen molar-refractivity contribution in [3.8, 4) is 11.5 Å². The molecule has 1 unspecified atom stereocenters. The summed E-state index contributed by atoms with van der Waals surface area (Å²) < 4.78 is 12.5. The number of rotatable bonds is 1. The lowest BCUT2D eigenvalue weighted by Gasteiger charge is -2.16. The fraction of sp³-hybridized carbons (Fsp3) is 0.538. The van der Waals surface area contributed by atoms with Gasteiger partial charge in [0.1, 0.15) is 0 Å². The van der Waals surface area contributed by atoms with Gasteiger partial charge in [-0.05, 0) is 46.4 Å². The van der Waals surface area contributed by atoms with Gasteiger partial charge < -0.3 is 14.8 Å². The number of fused-ring (bicyclic) bond motifs is 1. The maximum Gasteiger partial charge on any atom is 0.175 e. The van der Waals surface area contributed by atoms with Crippen LogP contribution in [0.3, 0.4) is 0 Å². The van der Waals surface area contributed by atoms with Crippen molar-refractivity contribution in [1.29, 1.82) is 0 Å². The van der Waals surface area contributed by atoms with Gasteiger partial charge in [0, 0.05) is 13.0 Å². The van der Waals surface area contributed by atoms with Gasteiger partial charge in [-0.25, -0.2) is 0 Å². The summed E-state index contributed by atoms with van der Waals surface area (Å²) in [6, 6.07) is 4.20. The molecule has 0 aromatic heterocycles. The summed E-state index contributed by atoms with van der Waals surface area (Å²) in [4.78, 5) is 0. The Morgan fingerprint density at radius 2 is 2.12 bits per heavy atom. The first-order chi connectivity index (χ1) is 8.36. The first kappa shape index (κ1) is 11.4. The Kier molecular flexibility index (Phi) is 3.25. The topological polar surface area (TPSA) is 30.5 Å². The molecule has 92 valence electrons. The zero-order valence-electron chi connectivity index (χ0n) is 9.67. The maximum atomic E-state index is 5.79. The zero-order valence-corrected chi connectivity index (χ0v) is 11.3. The summed E-state index contributed by atoms with van der Waals surface area (Å²) in [5.41, 5.74) is 1.33. The highest BCUT2D eigenvalue weighted by Gasteiger charge is 2.23. The van der Waals surface area contributed by atoms with Crippen molar-refractivity contribution in [2.75, 3.05) is 26.3 Å². The molecule has 1 N–H and O–H groups in total. The fourth-order valence-electron chi connectivity index (χ4n) is 2.45. The Balaban J connectivity index is 1.98. The van der Waals surface area contributed by atoms with E-state index < -0.39 is 0 Å². The molecule has 2 aliphatic rings. The molecule has 2 aliphatic heterocycles. The molecular weight excluding hydrogens is 282 g/mol. The summed E-state index contributed by atoms with van der Waals surface area (Å²) in [5, 5.41) is 3.40. The highest BCUT2D eigenvalue weighted by Crippen LogP contribution is 2.42. The van der Waals surface area contributed by atoms with Crippen LogP contribution in [0.2, 0.25) is 0 Å². The van der Waals surface area contributed by atoms with E-state index in [9.17, 15) is 0 Å². The van der Waals surface area contributed by atoms with E-state index in [1.807, 2.05) is 6.07 Å². The lowest BCUT2D eigenvalue weighted by atomic mass is 9.98. The highest BCUT2D eigenvalue weighted by atomic mass is 79.9. The summed E-state index contributed by atoms with van der Waals surface area (Å²) in [6.45, 7) is 3.63. The molecule has 1 aromatic rings. The highest BCUT2D eigenvalue weighted by molar-refractivity contribution is 9.10. The predicted octanol–water partition coefficient (Wildman–Crippen LogP) is 2.69. The van der Waals surface area contributed by atoms with Gasteiger partial charge in [0.15, 0.2) is 11.5 Å². The summed E-state index contributed by atoms with van der Waals surface area (Å²) in [7, 11) is 0. The quantitative estimate of drug-likeness (QED) is 0.864. The van der Waals surface area contributed by atoms with E-state index in [4.69, 9.17) is 9.47 Å². The van der Waals surface area contributed by atoms with Gasteiger partial charge in [-0.2, -0.15) is 0 Å². The van der Waals surface area contributed by atoms with Crippen LogP contribution in [-0.4, -0.2) is 26.3 Å². The van der Waals surface area contributed by atoms with Crippen LogP contribution in [0, 0.1) is 0 Å². The number of benzene rings is 1. The number of ether oxygens (including phenoxy) is 2. The standard InChI is InChI=1S/C13H16BrNO2/c14-12-10(9-4-5-15-8-9)2-3-11-13(12)17-7-1-6-16-11/h2-3,9,15H,1,4-8H2. The molecule has 4 heteroatoms. The molecule has 1 fully saturated rings. The monoisotopic (exact) mass is 297 g/mol. The van der Waals surface area contributed by atoms with E-state index >= 15 is 0 Å². The van der Waals surface area contributed by atoms with Gasteiger partial charge in [0.05, 0.1) is 17.7 Å². The van der Waals surface area contributed by atoms with E-state index in [2.05, 4.69) is 27.3 Å². The number of hydrogen-bond donors (Lipinski definition) is 1. The number of nitrogens with one attached hydrogen (secondary N) is 1.